The van der Waals surface area contributed by atoms with Gasteiger partial charge >= 0.3 is 0 Å². The van der Waals surface area contributed by atoms with Gasteiger partial charge < -0.3 is 23.8 Å². The third-order valence-electron chi connectivity index (χ3n) is 6.51. The lowest BCUT2D eigenvalue weighted by Gasteiger charge is -2.29. The molecular formula is C27H30FN3O4. The average Bonchev–Trinajstić information content (AvgIpc) is 3.54. The predicted molar refractivity (Wildman–Crippen MR) is 130 cm³/mol. The lowest BCUT2D eigenvalue weighted by molar-refractivity contribution is 0.0507. The number of nitrogens with zero attached hydrogens (tertiary/aromatic N) is 3. The molecule has 2 fully saturated rings. The summed E-state index contributed by atoms with van der Waals surface area (Å²) in [6.45, 7) is 5.96. The molecule has 35 heavy (non-hydrogen) atoms. The summed E-state index contributed by atoms with van der Waals surface area (Å²) in [5, 5.41) is 4.45. The van der Waals surface area contributed by atoms with Crippen molar-refractivity contribution in [2.45, 2.75) is 32.4 Å². The third-order valence-corrected chi connectivity index (χ3v) is 6.51. The maximum Gasteiger partial charge on any atom is 0.254 e. The number of aromatic nitrogens is 1. The SMILES string of the molecule is Cc1cccc(-c2noc(N3CCOCC3)c2CN(C[C@H]2CCCO2)C(=O)c2cccc(F)c2)c1. The van der Waals surface area contributed by atoms with Crippen LogP contribution in [-0.4, -0.2) is 61.5 Å². The van der Waals surface area contributed by atoms with E-state index in [1.807, 2.05) is 25.1 Å². The Hall–Kier alpha value is -3.23. The number of amides is 1. The third kappa shape index (κ3) is 5.39. The number of anilines is 1. The fourth-order valence-corrected chi connectivity index (χ4v) is 4.73. The first-order chi connectivity index (χ1) is 17.1. The lowest BCUT2D eigenvalue weighted by atomic mass is 10.0. The molecule has 2 aliphatic heterocycles. The molecule has 0 radical (unpaired) electrons. The lowest BCUT2D eigenvalue weighted by Crippen LogP contribution is -2.39. The van der Waals surface area contributed by atoms with Gasteiger partial charge in [0, 0.05) is 37.4 Å². The normalized spacial score (nSPS) is 18.1. The number of hydrogen-bond donors (Lipinski definition) is 0. The van der Waals surface area contributed by atoms with E-state index in [1.165, 1.54) is 12.1 Å². The molecule has 0 N–H and O–H groups in total. The number of hydrogen-bond acceptors (Lipinski definition) is 6. The van der Waals surface area contributed by atoms with Crippen LogP contribution in [0.15, 0.2) is 53.1 Å². The minimum Gasteiger partial charge on any atom is -0.378 e. The molecule has 184 valence electrons. The number of benzene rings is 2. The zero-order valence-corrected chi connectivity index (χ0v) is 19.9. The van der Waals surface area contributed by atoms with Gasteiger partial charge in [-0.15, -0.1) is 0 Å². The van der Waals surface area contributed by atoms with Crippen molar-refractivity contribution in [3.05, 3.63) is 71.0 Å². The summed E-state index contributed by atoms with van der Waals surface area (Å²) in [5.74, 6) is -0.0362. The standard InChI is InChI=1S/C27H30FN3O4/c1-19-5-2-6-20(15-19)25-24(27(35-29-25)30-10-13-33-14-11-30)18-31(17-23-9-4-12-34-23)26(32)21-7-3-8-22(28)16-21/h2-3,5-8,15-16,23H,4,9-14,17-18H2,1H3/t23-/m1/s1. The van der Waals surface area contributed by atoms with Crippen molar-refractivity contribution in [3.63, 3.8) is 0 Å². The fraction of sp³-hybridized carbons (Fsp3) is 0.407. The number of rotatable bonds is 7. The Morgan fingerprint density at radius 2 is 1.97 bits per heavy atom. The molecule has 1 aromatic heterocycles. The molecular weight excluding hydrogens is 449 g/mol. The molecule has 5 rings (SSSR count). The second kappa shape index (κ2) is 10.6. The van der Waals surface area contributed by atoms with Crippen molar-refractivity contribution in [2.24, 2.45) is 0 Å². The van der Waals surface area contributed by atoms with Crippen LogP contribution in [0.1, 0.15) is 34.3 Å². The Morgan fingerprint density at radius 1 is 1.14 bits per heavy atom. The smallest absolute Gasteiger partial charge is 0.254 e. The Labute approximate surface area is 204 Å². The highest BCUT2D eigenvalue weighted by atomic mass is 19.1. The van der Waals surface area contributed by atoms with Crippen LogP contribution in [0.2, 0.25) is 0 Å². The maximum absolute atomic E-state index is 14.0. The topological polar surface area (TPSA) is 68.0 Å². The summed E-state index contributed by atoms with van der Waals surface area (Å²) in [6.07, 6.45) is 1.80. The van der Waals surface area contributed by atoms with E-state index >= 15 is 0 Å². The molecule has 0 saturated carbocycles. The summed E-state index contributed by atoms with van der Waals surface area (Å²) in [6, 6.07) is 13.9. The molecule has 2 aromatic carbocycles. The van der Waals surface area contributed by atoms with Crippen LogP contribution in [0.3, 0.4) is 0 Å². The van der Waals surface area contributed by atoms with Crippen LogP contribution in [0.4, 0.5) is 10.3 Å². The minimum absolute atomic E-state index is 0.0541. The van der Waals surface area contributed by atoms with Crippen LogP contribution in [-0.2, 0) is 16.0 Å². The molecule has 0 bridgehead atoms. The second-order valence-corrected chi connectivity index (χ2v) is 9.11. The summed E-state index contributed by atoms with van der Waals surface area (Å²) in [7, 11) is 0. The Kier molecular flexibility index (Phi) is 7.11. The highest BCUT2D eigenvalue weighted by Crippen LogP contribution is 2.34. The van der Waals surface area contributed by atoms with E-state index in [2.05, 4.69) is 16.1 Å². The first-order valence-electron chi connectivity index (χ1n) is 12.1. The Balaban J connectivity index is 1.53. The number of halogens is 1. The molecule has 0 aliphatic carbocycles. The molecule has 1 atom stereocenters. The second-order valence-electron chi connectivity index (χ2n) is 9.11. The van der Waals surface area contributed by atoms with Crippen molar-refractivity contribution < 1.29 is 23.2 Å². The summed E-state index contributed by atoms with van der Waals surface area (Å²) in [5.41, 5.74) is 3.89. The molecule has 3 heterocycles. The van der Waals surface area contributed by atoms with E-state index in [1.54, 1.807) is 17.0 Å². The van der Waals surface area contributed by atoms with E-state index in [4.69, 9.17) is 14.0 Å². The quantitative estimate of drug-likeness (QED) is 0.499. The Morgan fingerprint density at radius 3 is 2.71 bits per heavy atom. The number of ether oxygens (including phenoxy) is 2. The van der Waals surface area contributed by atoms with Crippen LogP contribution < -0.4 is 4.90 Å². The number of carbonyl (C=O) groups is 1. The van der Waals surface area contributed by atoms with E-state index in [0.29, 0.717) is 56.6 Å². The van der Waals surface area contributed by atoms with Crippen molar-refractivity contribution in [3.8, 4) is 11.3 Å². The summed E-state index contributed by atoms with van der Waals surface area (Å²) < 4.78 is 31.2. The van der Waals surface area contributed by atoms with E-state index in [0.717, 1.165) is 29.5 Å². The van der Waals surface area contributed by atoms with Crippen molar-refractivity contribution in [2.75, 3.05) is 44.4 Å². The highest BCUT2D eigenvalue weighted by Gasteiger charge is 2.30. The molecule has 0 spiro atoms. The molecule has 0 unspecified atom stereocenters. The van der Waals surface area contributed by atoms with Crippen LogP contribution in [0.5, 0.6) is 0 Å². The molecule has 2 saturated heterocycles. The zero-order chi connectivity index (χ0) is 24.2. The van der Waals surface area contributed by atoms with E-state index in [-0.39, 0.29) is 18.6 Å². The van der Waals surface area contributed by atoms with E-state index in [9.17, 15) is 9.18 Å². The molecule has 1 amide bonds. The van der Waals surface area contributed by atoms with E-state index < -0.39 is 5.82 Å². The largest absolute Gasteiger partial charge is 0.378 e. The van der Waals surface area contributed by atoms with Crippen LogP contribution >= 0.6 is 0 Å². The number of morpholine rings is 1. The average molecular weight is 480 g/mol. The van der Waals surface area contributed by atoms with Crippen molar-refractivity contribution in [1.29, 1.82) is 0 Å². The van der Waals surface area contributed by atoms with Gasteiger partial charge in [0.15, 0.2) is 0 Å². The van der Waals surface area contributed by atoms with Gasteiger partial charge in [0.2, 0.25) is 5.88 Å². The first-order valence-corrected chi connectivity index (χ1v) is 12.1. The monoisotopic (exact) mass is 479 g/mol. The van der Waals surface area contributed by atoms with Gasteiger partial charge in [0.05, 0.1) is 31.4 Å². The van der Waals surface area contributed by atoms with Gasteiger partial charge in [-0.2, -0.15) is 0 Å². The molecule has 2 aliphatic rings. The van der Waals surface area contributed by atoms with Gasteiger partial charge in [0.1, 0.15) is 11.5 Å². The summed E-state index contributed by atoms with van der Waals surface area (Å²) >= 11 is 0. The van der Waals surface area contributed by atoms with Crippen molar-refractivity contribution >= 4 is 11.8 Å². The van der Waals surface area contributed by atoms with Crippen molar-refractivity contribution in [1.82, 2.24) is 10.1 Å². The fourth-order valence-electron chi connectivity index (χ4n) is 4.73. The number of aryl methyl sites for hydroxylation is 1. The van der Waals surface area contributed by atoms with Gasteiger partial charge in [0.25, 0.3) is 5.91 Å². The van der Waals surface area contributed by atoms with Crippen LogP contribution in [0, 0.1) is 12.7 Å². The molecule has 7 nitrogen and oxygen atoms in total. The first kappa shape index (κ1) is 23.5. The van der Waals surface area contributed by atoms with Crippen LogP contribution in [0.25, 0.3) is 11.3 Å². The number of carbonyl (C=O) groups excluding carboxylic acids is 1. The molecule has 3 aromatic rings. The maximum atomic E-state index is 14.0. The van der Waals surface area contributed by atoms with Gasteiger partial charge in [-0.1, -0.05) is 35.0 Å². The Bertz CT molecular complexity index is 1170. The highest BCUT2D eigenvalue weighted by molar-refractivity contribution is 5.94. The molecule has 8 heteroatoms. The van der Waals surface area contributed by atoms with Gasteiger partial charge in [-0.25, -0.2) is 4.39 Å². The van der Waals surface area contributed by atoms with Gasteiger partial charge in [-0.3, -0.25) is 4.79 Å². The predicted octanol–water partition coefficient (Wildman–Crippen LogP) is 4.45. The van der Waals surface area contributed by atoms with Gasteiger partial charge in [-0.05, 0) is 44.0 Å². The zero-order valence-electron chi connectivity index (χ0n) is 19.9. The summed E-state index contributed by atoms with van der Waals surface area (Å²) in [4.78, 5) is 17.5. The minimum atomic E-state index is -0.438.